The predicted octanol–water partition coefficient (Wildman–Crippen LogP) is 3.40. The molecule has 0 fully saturated rings. The number of para-hydroxylation sites is 2. The van der Waals surface area contributed by atoms with E-state index < -0.39 is 11.7 Å². The quantitative estimate of drug-likeness (QED) is 0.381. The molecule has 7 heteroatoms. The number of hydrogen-bond donors (Lipinski definition) is 1. The van der Waals surface area contributed by atoms with Gasteiger partial charge in [-0.3, -0.25) is 9.36 Å². The highest BCUT2D eigenvalue weighted by atomic mass is 35.5. The number of rotatable bonds is 6. The minimum atomic E-state index is -0.965. The molecule has 0 aliphatic rings. The van der Waals surface area contributed by atoms with Crippen molar-refractivity contribution < 1.29 is 14.6 Å². The smallest absolute Gasteiger partial charge is 0.325 e. The fourth-order valence-corrected chi connectivity index (χ4v) is 3.44. The van der Waals surface area contributed by atoms with Crippen molar-refractivity contribution in [2.75, 3.05) is 6.61 Å². The molecule has 152 valence electrons. The number of aromatic nitrogens is 2. The van der Waals surface area contributed by atoms with E-state index in [1.807, 2.05) is 6.07 Å². The van der Waals surface area contributed by atoms with E-state index in [1.54, 1.807) is 72.8 Å². The number of halogens is 1. The topological polar surface area (TPSA) is 78.4 Å². The van der Waals surface area contributed by atoms with E-state index in [1.165, 1.54) is 4.57 Å². The summed E-state index contributed by atoms with van der Waals surface area (Å²) in [6.07, 6.45) is -0.965. The summed E-state index contributed by atoms with van der Waals surface area (Å²) in [6, 6.07) is 22.4. The molecule has 30 heavy (non-hydrogen) atoms. The lowest BCUT2D eigenvalue weighted by Crippen LogP contribution is -2.42. The predicted molar refractivity (Wildman–Crippen MR) is 116 cm³/mol. The molecule has 0 spiro atoms. The highest BCUT2D eigenvalue weighted by Gasteiger charge is 2.23. The van der Waals surface area contributed by atoms with Gasteiger partial charge in [0.1, 0.15) is 24.0 Å². The van der Waals surface area contributed by atoms with E-state index in [9.17, 15) is 15.1 Å². The second-order valence-electron chi connectivity index (χ2n) is 6.83. The molecule has 0 radical (unpaired) electrons. The summed E-state index contributed by atoms with van der Waals surface area (Å²) >= 11 is 5.86. The van der Waals surface area contributed by atoms with Crippen molar-refractivity contribution in [3.8, 4) is 17.0 Å². The van der Waals surface area contributed by atoms with Gasteiger partial charge in [-0.25, -0.2) is 0 Å². The van der Waals surface area contributed by atoms with E-state index in [-0.39, 0.29) is 18.8 Å². The van der Waals surface area contributed by atoms with Gasteiger partial charge in [-0.05, 0) is 42.5 Å². The van der Waals surface area contributed by atoms with Gasteiger partial charge in [-0.2, -0.15) is 4.73 Å². The summed E-state index contributed by atoms with van der Waals surface area (Å²) in [5.74, 6) is 0.561. The van der Waals surface area contributed by atoms with Crippen molar-refractivity contribution >= 4 is 22.6 Å². The van der Waals surface area contributed by atoms with Crippen molar-refractivity contribution in [3.05, 3.63) is 99.4 Å². The number of hydrogen-bond acceptors (Lipinski definition) is 4. The third-order valence-electron chi connectivity index (χ3n) is 4.74. The number of benzene rings is 3. The largest absolute Gasteiger partial charge is 0.618 e. The summed E-state index contributed by atoms with van der Waals surface area (Å²) < 4.78 is 7.67. The monoisotopic (exact) mass is 422 g/mol. The summed E-state index contributed by atoms with van der Waals surface area (Å²) in [5.41, 5.74) is 0.856. The van der Waals surface area contributed by atoms with E-state index in [0.29, 0.717) is 32.1 Å². The zero-order valence-electron chi connectivity index (χ0n) is 15.9. The first-order valence-corrected chi connectivity index (χ1v) is 9.79. The number of fused-ring (bicyclic) bond motifs is 1. The Morgan fingerprint density at radius 2 is 1.67 bits per heavy atom. The minimum absolute atomic E-state index is 0.0140. The van der Waals surface area contributed by atoms with Gasteiger partial charge in [0, 0.05) is 11.1 Å². The lowest BCUT2D eigenvalue weighted by atomic mass is 10.1. The van der Waals surface area contributed by atoms with E-state index in [2.05, 4.69) is 0 Å². The standard InChI is InChI=1S/C23H19ClN2O4/c24-17-10-12-19(13-11-17)30-15-18(27)14-25-20-8-4-5-9-21(20)26(29)22(23(25)28)16-6-2-1-3-7-16/h1-13,18,27H,14-15H2/t18-/m1/s1. The number of aliphatic hydroxyl groups is 1. The average molecular weight is 423 g/mol. The molecule has 6 nitrogen and oxygen atoms in total. The maximum Gasteiger partial charge on any atom is 0.325 e. The van der Waals surface area contributed by atoms with Gasteiger partial charge >= 0.3 is 5.56 Å². The Kier molecular flexibility index (Phi) is 5.70. The maximum absolute atomic E-state index is 13.2. The molecule has 0 saturated carbocycles. The number of aliphatic hydroxyl groups excluding tert-OH is 1. The molecule has 0 amide bonds. The second kappa shape index (κ2) is 8.57. The highest BCUT2D eigenvalue weighted by Crippen LogP contribution is 2.18. The average Bonchev–Trinajstić information content (AvgIpc) is 2.77. The fourth-order valence-electron chi connectivity index (χ4n) is 3.31. The van der Waals surface area contributed by atoms with Gasteiger partial charge in [-0.15, -0.1) is 0 Å². The Balaban J connectivity index is 1.69. The Morgan fingerprint density at radius 3 is 2.40 bits per heavy atom. The third-order valence-corrected chi connectivity index (χ3v) is 4.99. The van der Waals surface area contributed by atoms with Crippen molar-refractivity contribution in [2.24, 2.45) is 0 Å². The van der Waals surface area contributed by atoms with Gasteiger partial charge in [0.05, 0.1) is 12.1 Å². The molecule has 0 aliphatic heterocycles. The molecular formula is C23H19ClN2O4. The Labute approximate surface area is 177 Å². The molecule has 1 aromatic heterocycles. The molecule has 1 N–H and O–H groups in total. The second-order valence-corrected chi connectivity index (χ2v) is 7.27. The van der Waals surface area contributed by atoms with Crippen LogP contribution in [0.2, 0.25) is 5.02 Å². The molecule has 1 heterocycles. The summed E-state index contributed by atoms with van der Waals surface area (Å²) in [6.45, 7) is -0.0387. The molecule has 0 saturated heterocycles. The van der Waals surface area contributed by atoms with Crippen molar-refractivity contribution in [2.45, 2.75) is 12.6 Å². The molecule has 0 bridgehead atoms. The van der Waals surface area contributed by atoms with Crippen molar-refractivity contribution in [3.63, 3.8) is 0 Å². The van der Waals surface area contributed by atoms with Crippen LogP contribution in [0.15, 0.2) is 83.7 Å². The molecular weight excluding hydrogens is 404 g/mol. The third kappa shape index (κ3) is 4.01. The van der Waals surface area contributed by atoms with Crippen molar-refractivity contribution in [1.29, 1.82) is 0 Å². The fraction of sp³-hybridized carbons (Fsp3) is 0.130. The van der Waals surface area contributed by atoms with Gasteiger partial charge in [0.2, 0.25) is 5.52 Å². The lowest BCUT2D eigenvalue weighted by Gasteiger charge is -2.17. The highest BCUT2D eigenvalue weighted by molar-refractivity contribution is 6.30. The van der Waals surface area contributed by atoms with Crippen LogP contribution in [0.5, 0.6) is 5.75 Å². The summed E-state index contributed by atoms with van der Waals surface area (Å²) in [5, 5.41) is 24.1. The van der Waals surface area contributed by atoms with Crippen LogP contribution in [0, 0.1) is 5.21 Å². The van der Waals surface area contributed by atoms with Crippen molar-refractivity contribution in [1.82, 2.24) is 4.57 Å². The first-order valence-electron chi connectivity index (χ1n) is 9.41. The first-order chi connectivity index (χ1) is 14.5. The van der Waals surface area contributed by atoms with Crippen LogP contribution in [-0.2, 0) is 6.54 Å². The number of ether oxygens (including phenoxy) is 1. The molecule has 3 aromatic carbocycles. The van der Waals surface area contributed by atoms with Gasteiger partial charge in [0.15, 0.2) is 0 Å². The Morgan fingerprint density at radius 1 is 1.00 bits per heavy atom. The first kappa shape index (κ1) is 19.9. The van der Waals surface area contributed by atoms with Gasteiger partial charge < -0.3 is 15.1 Å². The van der Waals surface area contributed by atoms with E-state index in [0.717, 1.165) is 0 Å². The van der Waals surface area contributed by atoms with Crippen LogP contribution >= 0.6 is 11.6 Å². The van der Waals surface area contributed by atoms with E-state index >= 15 is 0 Å². The lowest BCUT2D eigenvalue weighted by molar-refractivity contribution is -0.566. The zero-order chi connectivity index (χ0) is 21.1. The van der Waals surface area contributed by atoms with Crippen LogP contribution in [0.3, 0.4) is 0 Å². The normalized spacial score (nSPS) is 12.1. The Hall–Kier alpha value is -3.35. The molecule has 0 aliphatic carbocycles. The summed E-state index contributed by atoms with van der Waals surface area (Å²) in [4.78, 5) is 13.2. The Bertz CT molecular complexity index is 1220. The van der Waals surface area contributed by atoms with Gasteiger partial charge in [0.25, 0.3) is 5.69 Å². The minimum Gasteiger partial charge on any atom is -0.618 e. The molecule has 1 atom stereocenters. The van der Waals surface area contributed by atoms with Crippen LogP contribution in [-0.4, -0.2) is 22.4 Å². The molecule has 0 unspecified atom stereocenters. The van der Waals surface area contributed by atoms with Crippen LogP contribution in [0.25, 0.3) is 22.3 Å². The SMILES string of the molecule is O=c1c(-c2ccccc2)[n+]([O-])c2ccccc2n1C[C@@H](O)COc1ccc(Cl)cc1. The summed E-state index contributed by atoms with van der Waals surface area (Å²) in [7, 11) is 0. The zero-order valence-corrected chi connectivity index (χ0v) is 16.7. The maximum atomic E-state index is 13.2. The number of nitrogens with zero attached hydrogens (tertiary/aromatic N) is 2. The molecule has 4 aromatic rings. The van der Waals surface area contributed by atoms with Crippen LogP contribution < -0.4 is 15.0 Å². The van der Waals surface area contributed by atoms with Crippen LogP contribution in [0.4, 0.5) is 0 Å². The van der Waals surface area contributed by atoms with Crippen LogP contribution in [0.1, 0.15) is 0 Å². The van der Waals surface area contributed by atoms with Gasteiger partial charge in [-0.1, -0.05) is 41.9 Å². The molecule has 4 rings (SSSR count). The van der Waals surface area contributed by atoms with E-state index in [4.69, 9.17) is 16.3 Å².